The summed E-state index contributed by atoms with van der Waals surface area (Å²) < 4.78 is 11.7. The van der Waals surface area contributed by atoms with Crippen LogP contribution in [0.5, 0.6) is 23.0 Å². The molecule has 3 aromatic rings. The van der Waals surface area contributed by atoms with Crippen molar-refractivity contribution in [1.82, 2.24) is 0 Å². The van der Waals surface area contributed by atoms with Crippen molar-refractivity contribution in [2.45, 2.75) is 32.3 Å². The van der Waals surface area contributed by atoms with Gasteiger partial charge in [-0.2, -0.15) is 0 Å². The van der Waals surface area contributed by atoms with Gasteiger partial charge in [-0.3, -0.25) is 4.79 Å². The molecule has 134 valence electrons. The van der Waals surface area contributed by atoms with E-state index in [0.717, 1.165) is 12.5 Å². The summed E-state index contributed by atoms with van der Waals surface area (Å²) in [5.74, 6) is 0.183. The van der Waals surface area contributed by atoms with Crippen LogP contribution in [-0.4, -0.2) is 20.9 Å². The summed E-state index contributed by atoms with van der Waals surface area (Å²) in [4.78, 5) is 12.6. The molecule has 6 nitrogen and oxygen atoms in total. The van der Waals surface area contributed by atoms with E-state index in [1.807, 2.05) is 13.8 Å². The average Bonchev–Trinajstić information content (AvgIpc) is 2.53. The quantitative estimate of drug-likeness (QED) is 0.616. The molecular formula is C20H18O6. The molecule has 3 N–H and O–H groups in total. The van der Waals surface area contributed by atoms with Gasteiger partial charge < -0.3 is 24.5 Å². The Morgan fingerprint density at radius 2 is 1.85 bits per heavy atom. The second-order valence-corrected chi connectivity index (χ2v) is 7.11. The van der Waals surface area contributed by atoms with Gasteiger partial charge in [0.2, 0.25) is 0 Å². The number of rotatable bonds is 1. The lowest BCUT2D eigenvalue weighted by molar-refractivity contribution is 0.0839. The zero-order valence-electron chi connectivity index (χ0n) is 14.4. The van der Waals surface area contributed by atoms with Crippen LogP contribution < -0.4 is 10.2 Å². The van der Waals surface area contributed by atoms with Crippen LogP contribution in [0.3, 0.4) is 0 Å². The highest BCUT2D eigenvalue weighted by atomic mass is 16.5. The van der Waals surface area contributed by atoms with E-state index in [1.54, 1.807) is 6.07 Å². The maximum atomic E-state index is 12.6. The van der Waals surface area contributed by atoms with Crippen LogP contribution in [0.25, 0.3) is 22.3 Å². The van der Waals surface area contributed by atoms with Crippen LogP contribution in [0.4, 0.5) is 0 Å². The second kappa shape index (κ2) is 5.42. The van der Waals surface area contributed by atoms with Gasteiger partial charge in [-0.15, -0.1) is 0 Å². The zero-order chi connectivity index (χ0) is 18.6. The monoisotopic (exact) mass is 354 g/mol. The van der Waals surface area contributed by atoms with Crippen molar-refractivity contribution < 1.29 is 24.5 Å². The number of aromatic hydroxyl groups is 3. The summed E-state index contributed by atoms with van der Waals surface area (Å²) in [5.41, 5.74) is 0.248. The van der Waals surface area contributed by atoms with Gasteiger partial charge in [0.1, 0.15) is 45.3 Å². The summed E-state index contributed by atoms with van der Waals surface area (Å²) in [6.45, 7) is 3.91. The SMILES string of the molecule is CC1(C)CCc2c(cc3oc(-c4ccc(O)cc4O)cc(=O)c3c2O)O1. The first kappa shape index (κ1) is 16.3. The summed E-state index contributed by atoms with van der Waals surface area (Å²) >= 11 is 0. The van der Waals surface area contributed by atoms with Crippen LogP contribution >= 0.6 is 0 Å². The molecule has 1 aliphatic rings. The van der Waals surface area contributed by atoms with Gasteiger partial charge in [0.05, 0.1) is 5.56 Å². The van der Waals surface area contributed by atoms with Crippen LogP contribution in [0, 0.1) is 0 Å². The first-order valence-electron chi connectivity index (χ1n) is 8.29. The highest BCUT2D eigenvalue weighted by Gasteiger charge is 2.30. The normalized spacial score (nSPS) is 15.5. The van der Waals surface area contributed by atoms with Crippen molar-refractivity contribution in [3.63, 3.8) is 0 Å². The molecule has 1 aliphatic heterocycles. The minimum absolute atomic E-state index is 0.0917. The zero-order valence-corrected chi connectivity index (χ0v) is 14.4. The topological polar surface area (TPSA) is 100 Å². The first-order chi connectivity index (χ1) is 12.2. The van der Waals surface area contributed by atoms with E-state index in [2.05, 4.69) is 0 Å². The lowest BCUT2D eigenvalue weighted by atomic mass is 9.92. The third kappa shape index (κ3) is 2.54. The molecule has 0 saturated carbocycles. The molecule has 26 heavy (non-hydrogen) atoms. The number of ether oxygens (including phenoxy) is 1. The van der Waals surface area contributed by atoms with Crippen LogP contribution in [0.2, 0.25) is 0 Å². The summed E-state index contributed by atoms with van der Waals surface area (Å²) in [7, 11) is 0. The van der Waals surface area contributed by atoms with Gasteiger partial charge in [-0.05, 0) is 38.8 Å². The molecule has 0 amide bonds. The summed E-state index contributed by atoms with van der Waals surface area (Å²) in [6.07, 6.45) is 1.33. The molecule has 0 bridgehead atoms. The molecule has 0 unspecified atom stereocenters. The number of hydrogen-bond acceptors (Lipinski definition) is 6. The Balaban J connectivity index is 1.96. The Morgan fingerprint density at radius 3 is 2.58 bits per heavy atom. The molecule has 4 rings (SSSR count). The van der Waals surface area contributed by atoms with Crippen LogP contribution in [0.1, 0.15) is 25.8 Å². The van der Waals surface area contributed by atoms with Crippen molar-refractivity contribution in [3.8, 4) is 34.3 Å². The minimum Gasteiger partial charge on any atom is -0.508 e. The lowest BCUT2D eigenvalue weighted by Gasteiger charge is -2.32. The number of benzene rings is 2. The van der Waals surface area contributed by atoms with E-state index in [9.17, 15) is 20.1 Å². The summed E-state index contributed by atoms with van der Waals surface area (Å²) in [5, 5.41) is 30.1. The highest BCUT2D eigenvalue weighted by molar-refractivity contribution is 5.88. The van der Waals surface area contributed by atoms with E-state index in [-0.39, 0.29) is 45.1 Å². The van der Waals surface area contributed by atoms with E-state index in [1.165, 1.54) is 18.2 Å². The molecule has 0 radical (unpaired) electrons. The van der Waals surface area contributed by atoms with Gasteiger partial charge >= 0.3 is 0 Å². The molecule has 0 atom stereocenters. The van der Waals surface area contributed by atoms with E-state index >= 15 is 0 Å². The Labute approximate surface area is 148 Å². The molecule has 0 fully saturated rings. The molecule has 1 aromatic heterocycles. The van der Waals surface area contributed by atoms with E-state index in [0.29, 0.717) is 17.7 Å². The molecule has 6 heteroatoms. The standard InChI is InChI=1S/C20H18O6/c1-20(2)6-5-12-16(26-20)9-17-18(19(12)24)14(23)8-15(25-17)11-4-3-10(21)7-13(11)22/h3-4,7-9,21-22,24H,5-6H2,1-2H3. The maximum absolute atomic E-state index is 12.6. The number of hydrogen-bond donors (Lipinski definition) is 3. The van der Waals surface area contributed by atoms with Crippen molar-refractivity contribution in [2.75, 3.05) is 0 Å². The van der Waals surface area contributed by atoms with Gasteiger partial charge in [0.25, 0.3) is 0 Å². The third-order valence-electron chi connectivity index (χ3n) is 4.67. The van der Waals surface area contributed by atoms with Gasteiger partial charge in [0.15, 0.2) is 5.43 Å². The van der Waals surface area contributed by atoms with Crippen LogP contribution in [-0.2, 0) is 6.42 Å². The van der Waals surface area contributed by atoms with Gasteiger partial charge in [-0.1, -0.05) is 0 Å². The fourth-order valence-corrected chi connectivity index (χ4v) is 3.29. The smallest absolute Gasteiger partial charge is 0.197 e. The predicted octanol–water partition coefficient (Wildman–Crippen LogP) is 3.68. The fourth-order valence-electron chi connectivity index (χ4n) is 3.29. The largest absolute Gasteiger partial charge is 0.508 e. The maximum Gasteiger partial charge on any atom is 0.197 e. The Kier molecular flexibility index (Phi) is 3.41. The van der Waals surface area contributed by atoms with Gasteiger partial charge in [0, 0.05) is 23.8 Å². The first-order valence-corrected chi connectivity index (χ1v) is 8.29. The summed E-state index contributed by atoms with van der Waals surface area (Å²) in [6, 6.07) is 6.82. The average molecular weight is 354 g/mol. The van der Waals surface area contributed by atoms with E-state index < -0.39 is 5.43 Å². The highest BCUT2D eigenvalue weighted by Crippen LogP contribution is 2.42. The second-order valence-electron chi connectivity index (χ2n) is 7.11. The third-order valence-corrected chi connectivity index (χ3v) is 4.67. The Bertz CT molecular complexity index is 1090. The fraction of sp³-hybridized carbons (Fsp3) is 0.250. The Morgan fingerprint density at radius 1 is 1.08 bits per heavy atom. The molecular weight excluding hydrogens is 336 g/mol. The van der Waals surface area contributed by atoms with Crippen molar-refractivity contribution in [2.24, 2.45) is 0 Å². The predicted molar refractivity (Wildman–Crippen MR) is 95.9 cm³/mol. The number of phenols is 3. The van der Waals surface area contributed by atoms with E-state index in [4.69, 9.17) is 9.15 Å². The lowest BCUT2D eigenvalue weighted by Crippen LogP contribution is -2.32. The molecule has 0 saturated heterocycles. The van der Waals surface area contributed by atoms with Crippen molar-refractivity contribution >= 4 is 11.0 Å². The molecule has 2 heterocycles. The molecule has 0 spiro atoms. The minimum atomic E-state index is -0.418. The van der Waals surface area contributed by atoms with Crippen molar-refractivity contribution in [1.29, 1.82) is 0 Å². The number of fused-ring (bicyclic) bond motifs is 2. The molecule has 2 aromatic carbocycles. The van der Waals surface area contributed by atoms with Gasteiger partial charge in [-0.25, -0.2) is 0 Å². The molecule has 0 aliphatic carbocycles. The number of phenolic OH excluding ortho intramolecular Hbond substituents is 3. The van der Waals surface area contributed by atoms with Crippen molar-refractivity contribution in [3.05, 3.63) is 46.1 Å². The van der Waals surface area contributed by atoms with Crippen LogP contribution in [0.15, 0.2) is 39.5 Å². The Hall–Kier alpha value is -3.15.